The van der Waals surface area contributed by atoms with Crippen molar-refractivity contribution < 1.29 is 18.3 Å². The molecule has 38 heavy (non-hydrogen) atoms. The van der Waals surface area contributed by atoms with Crippen LogP contribution in [0.3, 0.4) is 0 Å². The molecule has 0 saturated heterocycles. The number of carbonyl (C=O) groups is 1. The van der Waals surface area contributed by atoms with Crippen molar-refractivity contribution in [2.24, 2.45) is 5.92 Å². The molecule has 0 fully saturated rings. The first kappa shape index (κ1) is 30.0. The van der Waals surface area contributed by atoms with Gasteiger partial charge in [-0.05, 0) is 49.4 Å². The molecule has 9 heteroatoms. The number of hydrogen-bond donors (Lipinski definition) is 0. The summed E-state index contributed by atoms with van der Waals surface area (Å²) in [7, 11) is 0.241. The van der Waals surface area contributed by atoms with Crippen LogP contribution in [0.1, 0.15) is 83.0 Å². The normalized spacial score (nSPS) is 13.2. The van der Waals surface area contributed by atoms with E-state index in [4.69, 9.17) is 20.8 Å². The van der Waals surface area contributed by atoms with E-state index in [1.807, 2.05) is 18.4 Å². The maximum Gasteiger partial charge on any atom is 0.343 e. The van der Waals surface area contributed by atoms with Crippen molar-refractivity contribution in [3.63, 3.8) is 0 Å². The molecule has 0 aliphatic carbocycles. The fourth-order valence-electron chi connectivity index (χ4n) is 4.66. The van der Waals surface area contributed by atoms with Gasteiger partial charge in [-0.2, -0.15) is 0 Å². The summed E-state index contributed by atoms with van der Waals surface area (Å²) in [6, 6.07) is 6.16. The zero-order chi connectivity index (χ0) is 28.4. The summed E-state index contributed by atoms with van der Waals surface area (Å²) in [5, 5.41) is 0.308. The van der Waals surface area contributed by atoms with Crippen LogP contribution in [0.15, 0.2) is 41.5 Å². The first-order valence-electron chi connectivity index (χ1n) is 12.7. The third-order valence-electron chi connectivity index (χ3n) is 6.14. The number of aromatic nitrogens is 2. The van der Waals surface area contributed by atoms with Gasteiger partial charge in [-0.15, -0.1) is 0 Å². The predicted octanol–water partition coefficient (Wildman–Crippen LogP) is 6.79. The zero-order valence-corrected chi connectivity index (χ0v) is 25.1. The highest BCUT2D eigenvalue weighted by molar-refractivity contribution is 6.32. The molecule has 3 rings (SSSR count). The van der Waals surface area contributed by atoms with Gasteiger partial charge in [-0.25, -0.2) is 9.18 Å². The Morgan fingerprint density at radius 2 is 1.89 bits per heavy atom. The van der Waals surface area contributed by atoms with Gasteiger partial charge in [0.1, 0.15) is 11.4 Å². The van der Waals surface area contributed by atoms with E-state index < -0.39 is 22.8 Å². The van der Waals surface area contributed by atoms with Gasteiger partial charge in [0.2, 0.25) is 15.2 Å². The summed E-state index contributed by atoms with van der Waals surface area (Å²) in [4.78, 5) is 31.0. The fraction of sp³-hybridized carbons (Fsp3) is 0.483. The second-order valence-electron chi connectivity index (χ2n) is 11.3. The smallest absolute Gasteiger partial charge is 0.343 e. The number of rotatable bonds is 9. The average Bonchev–Trinajstić information content (AvgIpc) is 2.82. The highest BCUT2D eigenvalue weighted by atomic mass is 35.5. The molecule has 0 unspecified atom stereocenters. The molecule has 1 aromatic carbocycles. The van der Waals surface area contributed by atoms with Crippen molar-refractivity contribution >= 4 is 38.2 Å². The first-order chi connectivity index (χ1) is 17.7. The Balaban J connectivity index is 2.23. The summed E-state index contributed by atoms with van der Waals surface area (Å²) >= 11 is 5.96. The Kier molecular flexibility index (Phi) is 9.22. The van der Waals surface area contributed by atoms with Gasteiger partial charge in [-0.1, -0.05) is 58.4 Å². The van der Waals surface area contributed by atoms with Gasteiger partial charge in [0, 0.05) is 23.7 Å². The van der Waals surface area contributed by atoms with E-state index in [1.165, 1.54) is 6.07 Å². The standard InChI is InChI=1S/C29H36ClFN2O4Si/c1-9-36-27(35)21-16-33(26(17(2)3)29(7,8)37-38-28(4,5)6)23-15-32-19(14-20(23)25(21)34)13-18-11-10-12-22(30)24(18)31/h10-12,14-17,26H,9,13H2,1-8H3/t26-/m0/s1. The molecular weight excluding hydrogens is 523 g/mol. The number of hydrogen-bond acceptors (Lipinski definition) is 5. The van der Waals surface area contributed by atoms with Gasteiger partial charge in [0.05, 0.1) is 35.0 Å². The third kappa shape index (κ3) is 6.71. The Morgan fingerprint density at radius 1 is 1.21 bits per heavy atom. The molecule has 2 heterocycles. The lowest BCUT2D eigenvalue weighted by atomic mass is 9.88. The lowest BCUT2D eigenvalue weighted by Crippen LogP contribution is -2.42. The Labute approximate surface area is 231 Å². The average molecular weight is 559 g/mol. The molecule has 204 valence electrons. The van der Waals surface area contributed by atoms with Gasteiger partial charge in [0.25, 0.3) is 0 Å². The van der Waals surface area contributed by atoms with Crippen LogP contribution in [0.4, 0.5) is 4.39 Å². The first-order valence-corrected chi connectivity index (χ1v) is 14.0. The second-order valence-corrected chi connectivity index (χ2v) is 13.6. The number of fused-ring (bicyclic) bond motifs is 1. The van der Waals surface area contributed by atoms with E-state index in [2.05, 4.69) is 39.6 Å². The number of nitrogens with zero attached hydrogens (tertiary/aromatic N) is 2. The third-order valence-corrected chi connectivity index (χ3v) is 7.67. The van der Waals surface area contributed by atoms with Crippen LogP contribution in [-0.4, -0.2) is 37.5 Å². The lowest BCUT2D eigenvalue weighted by molar-refractivity contribution is 0.0286. The minimum Gasteiger partial charge on any atom is -0.462 e. The van der Waals surface area contributed by atoms with Crippen molar-refractivity contribution in [2.75, 3.05) is 6.61 Å². The Morgan fingerprint density at radius 3 is 2.50 bits per heavy atom. The van der Waals surface area contributed by atoms with Crippen molar-refractivity contribution in [1.82, 2.24) is 9.55 Å². The van der Waals surface area contributed by atoms with E-state index in [9.17, 15) is 14.0 Å². The molecule has 6 nitrogen and oxygen atoms in total. The SMILES string of the molecule is CCOC(=O)c1cn([C@@H](C(C)C)C(C)(C)O[Si]C(C)(C)C)c2cnc(Cc3cccc(Cl)c3F)cc2c1=O. The van der Waals surface area contributed by atoms with E-state index in [1.54, 1.807) is 37.5 Å². The Bertz CT molecular complexity index is 1380. The van der Waals surface area contributed by atoms with Gasteiger partial charge < -0.3 is 13.7 Å². The maximum atomic E-state index is 14.6. The topological polar surface area (TPSA) is 70.4 Å². The monoisotopic (exact) mass is 558 g/mol. The number of benzene rings is 1. The van der Waals surface area contributed by atoms with Crippen LogP contribution in [0, 0.1) is 11.7 Å². The summed E-state index contributed by atoms with van der Waals surface area (Å²) in [6.07, 6.45) is 3.32. The van der Waals surface area contributed by atoms with Crippen molar-refractivity contribution in [2.45, 2.75) is 78.5 Å². The summed E-state index contributed by atoms with van der Waals surface area (Å²) in [6.45, 7) is 16.4. The maximum absolute atomic E-state index is 14.6. The van der Waals surface area contributed by atoms with Crippen molar-refractivity contribution in [1.29, 1.82) is 0 Å². The number of ether oxygens (including phenoxy) is 1. The van der Waals surface area contributed by atoms with E-state index in [-0.39, 0.29) is 50.4 Å². The lowest BCUT2D eigenvalue weighted by Gasteiger charge is -2.41. The van der Waals surface area contributed by atoms with Crippen LogP contribution in [0.25, 0.3) is 10.9 Å². The minimum absolute atomic E-state index is 0.0213. The predicted molar refractivity (Wildman–Crippen MR) is 151 cm³/mol. The molecular formula is C29H36ClFN2O4Si. The van der Waals surface area contributed by atoms with E-state index >= 15 is 0 Å². The van der Waals surface area contributed by atoms with E-state index in [0.29, 0.717) is 22.2 Å². The molecule has 0 aliphatic rings. The summed E-state index contributed by atoms with van der Waals surface area (Å²) in [5.74, 6) is -1.13. The molecule has 3 aromatic rings. The van der Waals surface area contributed by atoms with Crippen LogP contribution in [-0.2, 0) is 15.6 Å². The van der Waals surface area contributed by atoms with Crippen LogP contribution in [0.5, 0.6) is 0 Å². The number of carbonyl (C=O) groups excluding carboxylic acids is 1. The molecule has 2 radical (unpaired) electrons. The number of halogens is 2. The highest BCUT2D eigenvalue weighted by Gasteiger charge is 2.37. The molecule has 0 aliphatic heterocycles. The molecule has 0 saturated carbocycles. The largest absolute Gasteiger partial charge is 0.462 e. The quantitative estimate of drug-likeness (QED) is 0.214. The fourth-order valence-corrected chi connectivity index (χ4v) is 5.54. The molecule has 2 aromatic heterocycles. The van der Waals surface area contributed by atoms with Gasteiger partial charge in [0.15, 0.2) is 0 Å². The van der Waals surface area contributed by atoms with Crippen molar-refractivity contribution in [3.8, 4) is 0 Å². The van der Waals surface area contributed by atoms with Crippen LogP contribution < -0.4 is 5.43 Å². The van der Waals surface area contributed by atoms with E-state index in [0.717, 1.165) is 0 Å². The number of esters is 1. The minimum atomic E-state index is -0.690. The molecule has 0 bridgehead atoms. The number of pyridine rings is 2. The Hall–Kier alpha value is -2.55. The zero-order valence-electron chi connectivity index (χ0n) is 23.3. The summed E-state index contributed by atoms with van der Waals surface area (Å²) < 4.78 is 28.2. The van der Waals surface area contributed by atoms with Gasteiger partial charge in [-0.3, -0.25) is 9.78 Å². The molecule has 1 atom stereocenters. The molecule has 0 N–H and O–H groups in total. The van der Waals surface area contributed by atoms with Gasteiger partial charge >= 0.3 is 5.97 Å². The van der Waals surface area contributed by atoms with Crippen LogP contribution >= 0.6 is 11.6 Å². The highest BCUT2D eigenvalue weighted by Crippen LogP contribution is 2.37. The summed E-state index contributed by atoms with van der Waals surface area (Å²) in [5.41, 5.74) is 0.245. The second kappa shape index (κ2) is 11.7. The molecule has 0 amide bonds. The van der Waals surface area contributed by atoms with Crippen LogP contribution in [0.2, 0.25) is 10.1 Å². The molecule has 0 spiro atoms. The van der Waals surface area contributed by atoms with Crippen molar-refractivity contribution in [3.05, 3.63) is 74.5 Å².